The van der Waals surface area contributed by atoms with Gasteiger partial charge in [0, 0.05) is 18.1 Å². The summed E-state index contributed by atoms with van der Waals surface area (Å²) in [5.41, 5.74) is 5.81. The molecular weight excluding hydrogens is 336 g/mol. The van der Waals surface area contributed by atoms with Crippen LogP contribution < -0.4 is 19.8 Å². The summed E-state index contributed by atoms with van der Waals surface area (Å²) in [5, 5.41) is 19.7. The average molecular weight is 354 g/mol. The normalized spacial score (nSPS) is 10.9. The van der Waals surface area contributed by atoms with E-state index in [0.717, 1.165) is 5.56 Å². The van der Waals surface area contributed by atoms with Crippen molar-refractivity contribution in [3.8, 4) is 22.8 Å². The average Bonchev–Trinajstić information content (AvgIpc) is 3.01. The summed E-state index contributed by atoms with van der Waals surface area (Å²) in [7, 11) is 3.08. The molecule has 0 aliphatic heterocycles. The lowest BCUT2D eigenvalue weighted by Gasteiger charge is -2.12. The quantitative estimate of drug-likeness (QED) is 0.415. The van der Waals surface area contributed by atoms with Crippen molar-refractivity contribution < 1.29 is 19.0 Å². The maximum absolute atomic E-state index is 11.6. The molecule has 3 rings (SSSR count). The molecular formula is C18H18N4O4. The van der Waals surface area contributed by atoms with Crippen molar-refractivity contribution in [3.63, 3.8) is 0 Å². The molecule has 0 radical (unpaired) electrons. The van der Waals surface area contributed by atoms with E-state index >= 15 is 0 Å². The maximum Gasteiger partial charge on any atom is 0.253 e. The Morgan fingerprint density at radius 2 is 1.85 bits per heavy atom. The van der Waals surface area contributed by atoms with Crippen molar-refractivity contribution in [2.24, 2.45) is 5.10 Å². The summed E-state index contributed by atoms with van der Waals surface area (Å²) >= 11 is 0. The van der Waals surface area contributed by atoms with Gasteiger partial charge in [-0.3, -0.25) is 10.1 Å². The van der Waals surface area contributed by atoms with Crippen LogP contribution in [0.4, 0.5) is 5.69 Å². The standard InChI is InChI=1S/C18H18N4O4/c1-12-18(21-26-22(12)23)14-9-16(24-2)17(25-3)10-15(14)20-19-11-13-7-5-4-6-8-13/h4-11,20H,1-3H3/b19-11+. The van der Waals surface area contributed by atoms with Crippen LogP contribution in [0.15, 0.2) is 52.2 Å². The van der Waals surface area contributed by atoms with Crippen LogP contribution in [0.5, 0.6) is 11.5 Å². The fourth-order valence-electron chi connectivity index (χ4n) is 2.42. The molecule has 0 fully saturated rings. The van der Waals surface area contributed by atoms with Crippen LogP contribution in [0.1, 0.15) is 11.3 Å². The monoisotopic (exact) mass is 354 g/mol. The molecule has 0 saturated heterocycles. The number of hydrogen-bond donors (Lipinski definition) is 1. The lowest BCUT2D eigenvalue weighted by atomic mass is 10.1. The van der Waals surface area contributed by atoms with Gasteiger partial charge in [0.25, 0.3) is 5.69 Å². The van der Waals surface area contributed by atoms with Crippen LogP contribution in [0.3, 0.4) is 0 Å². The van der Waals surface area contributed by atoms with Gasteiger partial charge in [-0.05, 0) is 16.5 Å². The Balaban J connectivity index is 2.01. The van der Waals surface area contributed by atoms with E-state index < -0.39 is 0 Å². The third-order valence-corrected chi connectivity index (χ3v) is 3.80. The van der Waals surface area contributed by atoms with Gasteiger partial charge in [-0.25, -0.2) is 0 Å². The molecule has 8 heteroatoms. The third-order valence-electron chi connectivity index (χ3n) is 3.80. The van der Waals surface area contributed by atoms with Crippen molar-refractivity contribution >= 4 is 11.9 Å². The molecule has 134 valence electrons. The van der Waals surface area contributed by atoms with Crippen molar-refractivity contribution in [3.05, 3.63) is 58.9 Å². The zero-order valence-corrected chi connectivity index (χ0v) is 14.6. The molecule has 0 bridgehead atoms. The maximum atomic E-state index is 11.6. The first-order chi connectivity index (χ1) is 12.6. The van der Waals surface area contributed by atoms with Crippen LogP contribution in [0.2, 0.25) is 0 Å². The van der Waals surface area contributed by atoms with Gasteiger partial charge in [0.05, 0.1) is 31.7 Å². The second kappa shape index (κ2) is 7.56. The van der Waals surface area contributed by atoms with Gasteiger partial charge in [-0.15, -0.1) is 0 Å². The van der Waals surface area contributed by atoms with Gasteiger partial charge in [0.1, 0.15) is 0 Å². The number of aromatic nitrogens is 2. The molecule has 0 unspecified atom stereocenters. The van der Waals surface area contributed by atoms with E-state index in [1.165, 1.54) is 7.11 Å². The van der Waals surface area contributed by atoms with E-state index in [0.29, 0.717) is 39.0 Å². The predicted octanol–water partition coefficient (Wildman–Crippen LogP) is 2.75. The number of hydrogen-bond acceptors (Lipinski definition) is 7. The zero-order valence-electron chi connectivity index (χ0n) is 14.6. The fraction of sp³-hybridized carbons (Fsp3) is 0.167. The van der Waals surface area contributed by atoms with Crippen LogP contribution in [-0.2, 0) is 0 Å². The number of ether oxygens (including phenoxy) is 2. The minimum atomic E-state index is 0.326. The molecule has 0 spiro atoms. The number of anilines is 1. The lowest BCUT2D eigenvalue weighted by molar-refractivity contribution is -0.806. The Kier molecular flexibility index (Phi) is 5.02. The molecule has 0 aliphatic rings. The summed E-state index contributed by atoms with van der Waals surface area (Å²) in [6.45, 7) is 1.62. The molecule has 8 nitrogen and oxygen atoms in total. The van der Waals surface area contributed by atoms with Gasteiger partial charge >= 0.3 is 0 Å². The van der Waals surface area contributed by atoms with Crippen LogP contribution in [-0.4, -0.2) is 25.6 Å². The Morgan fingerprint density at radius 3 is 2.46 bits per heavy atom. The number of hydrazone groups is 1. The molecule has 1 heterocycles. The Morgan fingerprint density at radius 1 is 1.15 bits per heavy atom. The topological polar surface area (TPSA) is 95.8 Å². The molecule has 3 aromatic rings. The highest BCUT2D eigenvalue weighted by molar-refractivity contribution is 5.83. The first-order valence-corrected chi connectivity index (χ1v) is 7.81. The SMILES string of the molecule is COc1cc(N/N=C/c2ccccc2)c(-c2no[n+]([O-])c2C)cc1OC. The number of benzene rings is 2. The zero-order chi connectivity index (χ0) is 18.5. The molecule has 2 aromatic carbocycles. The minimum absolute atomic E-state index is 0.326. The Bertz CT molecular complexity index is 922. The van der Waals surface area contributed by atoms with Crippen LogP contribution in [0.25, 0.3) is 11.3 Å². The second-order valence-corrected chi connectivity index (χ2v) is 5.40. The van der Waals surface area contributed by atoms with Crippen molar-refractivity contribution in [2.75, 3.05) is 19.6 Å². The van der Waals surface area contributed by atoms with Gasteiger partial charge in [-0.1, -0.05) is 30.3 Å². The Hall–Kier alpha value is -3.55. The van der Waals surface area contributed by atoms with Crippen LogP contribution in [0, 0.1) is 12.1 Å². The first-order valence-electron chi connectivity index (χ1n) is 7.81. The van der Waals surface area contributed by atoms with E-state index in [1.807, 2.05) is 30.3 Å². The number of methoxy groups -OCH3 is 2. The minimum Gasteiger partial charge on any atom is -0.493 e. The second-order valence-electron chi connectivity index (χ2n) is 5.40. The highest BCUT2D eigenvalue weighted by Crippen LogP contribution is 2.38. The summed E-state index contributed by atoms with van der Waals surface area (Å²) in [6.07, 6.45) is 1.68. The van der Waals surface area contributed by atoms with E-state index in [4.69, 9.17) is 9.47 Å². The van der Waals surface area contributed by atoms with E-state index in [-0.39, 0.29) is 0 Å². The van der Waals surface area contributed by atoms with Crippen molar-refractivity contribution in [2.45, 2.75) is 6.92 Å². The largest absolute Gasteiger partial charge is 0.493 e. The first kappa shape index (κ1) is 17.3. The summed E-state index contributed by atoms with van der Waals surface area (Å²) < 4.78 is 15.4. The molecule has 0 saturated carbocycles. The van der Waals surface area contributed by atoms with Crippen molar-refractivity contribution in [1.82, 2.24) is 5.16 Å². The summed E-state index contributed by atoms with van der Waals surface area (Å²) in [6, 6.07) is 13.1. The third kappa shape index (κ3) is 3.44. The fourth-order valence-corrected chi connectivity index (χ4v) is 2.42. The highest BCUT2D eigenvalue weighted by Gasteiger charge is 2.22. The van der Waals surface area contributed by atoms with Gasteiger partial charge in [0.15, 0.2) is 11.5 Å². The molecule has 0 atom stereocenters. The summed E-state index contributed by atoms with van der Waals surface area (Å²) in [5.74, 6) is 1.02. The number of nitrogens with one attached hydrogen (secondary N) is 1. The Labute approximate surface area is 150 Å². The van der Waals surface area contributed by atoms with Gasteiger partial charge in [0.2, 0.25) is 5.69 Å². The van der Waals surface area contributed by atoms with Crippen molar-refractivity contribution in [1.29, 1.82) is 0 Å². The van der Waals surface area contributed by atoms with Crippen LogP contribution >= 0.6 is 0 Å². The number of nitrogens with zero attached hydrogens (tertiary/aromatic N) is 3. The molecule has 0 aliphatic carbocycles. The van der Waals surface area contributed by atoms with Gasteiger partial charge < -0.3 is 14.7 Å². The smallest absolute Gasteiger partial charge is 0.253 e. The highest BCUT2D eigenvalue weighted by atomic mass is 16.8. The van der Waals surface area contributed by atoms with Gasteiger partial charge in [-0.2, -0.15) is 5.10 Å². The molecule has 1 aromatic heterocycles. The predicted molar refractivity (Wildman–Crippen MR) is 96.4 cm³/mol. The lowest BCUT2D eigenvalue weighted by Crippen LogP contribution is -2.25. The van der Waals surface area contributed by atoms with E-state index in [2.05, 4.69) is 20.3 Å². The molecule has 0 amide bonds. The van der Waals surface area contributed by atoms with E-state index in [9.17, 15) is 5.21 Å². The molecule has 1 N–H and O–H groups in total. The summed E-state index contributed by atoms with van der Waals surface area (Å²) in [4.78, 5) is 0.350. The molecule has 26 heavy (non-hydrogen) atoms. The van der Waals surface area contributed by atoms with E-state index in [1.54, 1.807) is 32.4 Å². The number of rotatable bonds is 6.